The highest BCUT2D eigenvalue weighted by atomic mass is 16.5. The number of aliphatic hydroxyl groups excluding tert-OH is 1. The average molecular weight is 715 g/mol. The highest BCUT2D eigenvalue weighted by Gasteiger charge is 2.57. The number of allylic oxidation sites excluding steroid dienone is 2. The van der Waals surface area contributed by atoms with Crippen molar-refractivity contribution in [2.24, 2.45) is 5.41 Å². The van der Waals surface area contributed by atoms with Gasteiger partial charge in [0.25, 0.3) is 0 Å². The fourth-order valence-corrected chi connectivity index (χ4v) is 8.58. The van der Waals surface area contributed by atoms with E-state index in [4.69, 9.17) is 4.74 Å². The van der Waals surface area contributed by atoms with Gasteiger partial charge in [-0.3, -0.25) is 4.79 Å². The SMILES string of the molecule is COCCCN(CC1(O)CCC2c3ccc(cc3C(=O)c3ccccc3-c3ccccc3)CC(O)CCC(C)=CCCC21C)C(=O)Nc1ccccc1. The second kappa shape index (κ2) is 17.1. The fraction of sp³-hybridized carbons (Fsp3) is 0.391. The zero-order valence-corrected chi connectivity index (χ0v) is 31.4. The molecule has 278 valence electrons. The second-order valence-electron chi connectivity index (χ2n) is 15.3. The highest BCUT2D eigenvalue weighted by molar-refractivity contribution is 6.13. The number of fused-ring (bicyclic) bond motifs is 8. The van der Waals surface area contributed by atoms with Gasteiger partial charge in [0.05, 0.1) is 18.2 Å². The van der Waals surface area contributed by atoms with Gasteiger partial charge in [0.1, 0.15) is 0 Å². The first-order valence-corrected chi connectivity index (χ1v) is 19.1. The van der Waals surface area contributed by atoms with Gasteiger partial charge in [-0.15, -0.1) is 0 Å². The number of aliphatic hydroxyl groups is 2. The van der Waals surface area contributed by atoms with Gasteiger partial charge < -0.3 is 25.2 Å². The van der Waals surface area contributed by atoms with Gasteiger partial charge in [0.2, 0.25) is 0 Å². The number of methoxy groups -OCH3 is 1. The molecule has 2 bridgehead atoms. The van der Waals surface area contributed by atoms with E-state index in [1.165, 1.54) is 5.57 Å². The predicted octanol–water partition coefficient (Wildman–Crippen LogP) is 9.19. The van der Waals surface area contributed by atoms with Crippen LogP contribution in [0.1, 0.15) is 91.8 Å². The Labute approximate surface area is 314 Å². The van der Waals surface area contributed by atoms with Crippen LogP contribution in [-0.4, -0.2) is 65.4 Å². The maximum atomic E-state index is 14.9. The van der Waals surface area contributed by atoms with Crippen LogP contribution in [0, 0.1) is 5.41 Å². The molecule has 3 aliphatic carbocycles. The number of hydrogen-bond donors (Lipinski definition) is 3. The van der Waals surface area contributed by atoms with Crippen LogP contribution in [0.2, 0.25) is 0 Å². The summed E-state index contributed by atoms with van der Waals surface area (Å²) in [6.45, 7) is 5.33. The second-order valence-corrected chi connectivity index (χ2v) is 15.3. The van der Waals surface area contributed by atoms with Crippen molar-refractivity contribution >= 4 is 17.5 Å². The number of ketones is 1. The van der Waals surface area contributed by atoms with Crippen molar-refractivity contribution in [2.75, 3.05) is 32.1 Å². The Hall–Kier alpha value is -4.56. The summed E-state index contributed by atoms with van der Waals surface area (Å²) in [5.74, 6) is -0.233. The van der Waals surface area contributed by atoms with E-state index < -0.39 is 17.1 Å². The van der Waals surface area contributed by atoms with Gasteiger partial charge in [-0.25, -0.2) is 4.79 Å². The Balaban J connectivity index is 1.43. The van der Waals surface area contributed by atoms with E-state index >= 15 is 0 Å². The summed E-state index contributed by atoms with van der Waals surface area (Å²) in [6.07, 6.45) is 6.72. The van der Waals surface area contributed by atoms with Crippen LogP contribution in [0.25, 0.3) is 11.1 Å². The largest absolute Gasteiger partial charge is 0.393 e. The molecule has 53 heavy (non-hydrogen) atoms. The summed E-state index contributed by atoms with van der Waals surface area (Å²) in [5, 5.41) is 27.1. The molecule has 7 nitrogen and oxygen atoms in total. The normalized spacial score (nSPS) is 23.1. The van der Waals surface area contributed by atoms with Gasteiger partial charge in [-0.05, 0) is 105 Å². The molecule has 0 heterocycles. The molecule has 7 rings (SSSR count). The molecule has 1 saturated carbocycles. The third kappa shape index (κ3) is 8.65. The standard InChI is InChI=1S/C46H54N2O5/c1-33-14-12-26-45(2)42(25-27-46(45,52)32-48(28-13-29-53-3)44(51)47-36-17-8-5-9-18-36)39-24-22-34(30-37(49)23-21-33)31-41(39)43(50)40-20-11-10-19-38(40)35-15-6-4-7-16-35/h4-11,14-20,22,24,31,37,42,49,52H,12-13,21,23,25-30,32H2,1-3H3,(H,47,51). The number of rotatable bonds is 10. The summed E-state index contributed by atoms with van der Waals surface area (Å²) in [6, 6.07) is 33.0. The molecule has 2 amide bonds. The van der Waals surface area contributed by atoms with Crippen LogP contribution in [0.5, 0.6) is 0 Å². The zero-order chi connectivity index (χ0) is 37.4. The molecular weight excluding hydrogens is 661 g/mol. The summed E-state index contributed by atoms with van der Waals surface area (Å²) in [4.78, 5) is 30.6. The van der Waals surface area contributed by atoms with E-state index in [-0.39, 0.29) is 24.3 Å². The molecule has 0 radical (unpaired) electrons. The number of carbonyl (C=O) groups excluding carboxylic acids is 2. The molecule has 1 fully saturated rings. The number of ether oxygens (including phenoxy) is 1. The Morgan fingerprint density at radius 3 is 2.38 bits per heavy atom. The van der Waals surface area contributed by atoms with Gasteiger partial charge in [0.15, 0.2) is 5.78 Å². The molecule has 3 aliphatic rings. The van der Waals surface area contributed by atoms with Crippen LogP contribution in [-0.2, 0) is 11.2 Å². The number of anilines is 1. The lowest BCUT2D eigenvalue weighted by Gasteiger charge is -2.46. The Morgan fingerprint density at radius 2 is 1.62 bits per heavy atom. The van der Waals surface area contributed by atoms with Crippen LogP contribution >= 0.6 is 0 Å². The number of amides is 2. The molecule has 0 saturated heterocycles. The molecule has 0 aliphatic heterocycles. The number of nitrogens with zero attached hydrogens (tertiary/aromatic N) is 1. The third-order valence-electron chi connectivity index (χ3n) is 11.7. The highest BCUT2D eigenvalue weighted by Crippen LogP contribution is 2.59. The lowest BCUT2D eigenvalue weighted by Crippen LogP contribution is -2.54. The van der Waals surface area contributed by atoms with Crippen molar-refractivity contribution in [1.82, 2.24) is 4.90 Å². The molecular formula is C46H54N2O5. The van der Waals surface area contributed by atoms with Crippen molar-refractivity contribution in [3.63, 3.8) is 0 Å². The van der Waals surface area contributed by atoms with Crippen LogP contribution < -0.4 is 5.32 Å². The van der Waals surface area contributed by atoms with E-state index in [0.717, 1.165) is 35.1 Å². The quantitative estimate of drug-likeness (QED) is 0.0865. The minimum Gasteiger partial charge on any atom is -0.393 e. The Morgan fingerprint density at radius 1 is 0.906 bits per heavy atom. The fourth-order valence-electron chi connectivity index (χ4n) is 8.58. The Bertz CT molecular complexity index is 1890. The minimum absolute atomic E-state index is 0.0696. The van der Waals surface area contributed by atoms with Crippen molar-refractivity contribution < 1.29 is 24.5 Å². The number of para-hydroxylation sites is 1. The van der Waals surface area contributed by atoms with E-state index in [1.54, 1.807) is 12.0 Å². The molecule has 0 aromatic heterocycles. The monoisotopic (exact) mass is 714 g/mol. The molecule has 3 N–H and O–H groups in total. The first-order valence-electron chi connectivity index (χ1n) is 19.1. The van der Waals surface area contributed by atoms with Crippen molar-refractivity contribution in [2.45, 2.75) is 82.8 Å². The van der Waals surface area contributed by atoms with Crippen LogP contribution in [0.4, 0.5) is 10.5 Å². The number of hydrogen-bond acceptors (Lipinski definition) is 5. The maximum Gasteiger partial charge on any atom is 0.321 e. The van der Waals surface area contributed by atoms with E-state index in [9.17, 15) is 19.8 Å². The smallest absolute Gasteiger partial charge is 0.321 e. The summed E-state index contributed by atoms with van der Waals surface area (Å²) in [5.41, 5.74) is 4.87. The average Bonchev–Trinajstić information content (AvgIpc) is 3.42. The molecule has 4 atom stereocenters. The van der Waals surface area contributed by atoms with Crippen molar-refractivity contribution in [1.29, 1.82) is 0 Å². The summed E-state index contributed by atoms with van der Waals surface area (Å²) in [7, 11) is 1.65. The lowest BCUT2D eigenvalue weighted by molar-refractivity contribution is -0.0767. The number of urea groups is 1. The van der Waals surface area contributed by atoms with Gasteiger partial charge in [-0.1, -0.05) is 104 Å². The minimum atomic E-state index is -1.24. The van der Waals surface area contributed by atoms with Crippen molar-refractivity contribution in [3.8, 4) is 11.1 Å². The maximum absolute atomic E-state index is 14.9. The molecule has 7 heteroatoms. The zero-order valence-electron chi connectivity index (χ0n) is 31.4. The van der Waals surface area contributed by atoms with E-state index in [1.807, 2.05) is 91.0 Å². The molecule has 4 aromatic carbocycles. The Kier molecular flexibility index (Phi) is 12.3. The summed E-state index contributed by atoms with van der Waals surface area (Å²) >= 11 is 0. The van der Waals surface area contributed by atoms with Crippen LogP contribution in [0.3, 0.4) is 0 Å². The van der Waals surface area contributed by atoms with E-state index in [0.29, 0.717) is 68.5 Å². The predicted molar refractivity (Wildman–Crippen MR) is 212 cm³/mol. The van der Waals surface area contributed by atoms with Gasteiger partial charge in [0, 0.05) is 42.5 Å². The molecule has 4 unspecified atom stereocenters. The number of nitrogens with one attached hydrogen (secondary N) is 1. The molecule has 0 spiro atoms. The van der Waals surface area contributed by atoms with Gasteiger partial charge >= 0.3 is 6.03 Å². The van der Waals surface area contributed by atoms with Crippen molar-refractivity contribution in [3.05, 3.63) is 137 Å². The topological polar surface area (TPSA) is 99.1 Å². The number of carbonyl (C=O) groups is 2. The van der Waals surface area contributed by atoms with Crippen LogP contribution in [0.15, 0.2) is 115 Å². The first-order chi connectivity index (χ1) is 25.6. The number of benzene rings is 4. The lowest BCUT2D eigenvalue weighted by atomic mass is 9.64. The third-order valence-corrected chi connectivity index (χ3v) is 11.7. The van der Waals surface area contributed by atoms with E-state index in [2.05, 4.69) is 37.4 Å². The first kappa shape index (κ1) is 38.2. The molecule has 4 aromatic rings. The van der Waals surface area contributed by atoms with Gasteiger partial charge in [-0.2, -0.15) is 0 Å². The summed E-state index contributed by atoms with van der Waals surface area (Å²) < 4.78 is 5.35.